The molecule has 2 heteroatoms. The Morgan fingerprint density at radius 3 is 2.55 bits per heavy atom. The second kappa shape index (κ2) is 4.70. The van der Waals surface area contributed by atoms with Crippen LogP contribution in [0, 0.1) is 5.92 Å². The second-order valence-electron chi connectivity index (χ2n) is 3.57. The van der Waals surface area contributed by atoms with Gasteiger partial charge >= 0.3 is 0 Å². The van der Waals surface area contributed by atoms with Crippen LogP contribution in [-0.2, 0) is 0 Å². The van der Waals surface area contributed by atoms with E-state index >= 15 is 0 Å². The van der Waals surface area contributed by atoms with Gasteiger partial charge in [-0.3, -0.25) is 4.39 Å². The van der Waals surface area contributed by atoms with Gasteiger partial charge in [-0.15, -0.1) is 0 Å². The smallest absolute Gasteiger partial charge is 0.0906 e. The molecule has 11 heavy (non-hydrogen) atoms. The maximum Gasteiger partial charge on any atom is 0.0906 e. The summed E-state index contributed by atoms with van der Waals surface area (Å²) >= 11 is 0. The molecule has 0 saturated carbocycles. The van der Waals surface area contributed by atoms with Gasteiger partial charge in [-0.25, -0.2) is 0 Å². The van der Waals surface area contributed by atoms with E-state index in [4.69, 9.17) is 0 Å². The number of piperidine rings is 1. The third-order valence-electron chi connectivity index (χ3n) is 2.48. The third-order valence-corrected chi connectivity index (χ3v) is 2.48. The first-order chi connectivity index (χ1) is 5.33. The molecular formula is C9H18FN. The molecular weight excluding hydrogens is 141 g/mol. The minimum absolute atomic E-state index is 0.161. The minimum Gasteiger partial charge on any atom is -0.303 e. The van der Waals surface area contributed by atoms with E-state index in [1.807, 2.05) is 0 Å². The van der Waals surface area contributed by atoms with Gasteiger partial charge < -0.3 is 4.90 Å². The first kappa shape index (κ1) is 8.98. The summed E-state index contributed by atoms with van der Waals surface area (Å²) in [7, 11) is 0. The summed E-state index contributed by atoms with van der Waals surface area (Å²) in [5, 5.41) is 0. The van der Waals surface area contributed by atoms with Crippen LogP contribution in [0.2, 0.25) is 0 Å². The highest BCUT2D eigenvalue weighted by molar-refractivity contribution is 4.68. The van der Waals surface area contributed by atoms with E-state index in [9.17, 15) is 4.39 Å². The van der Waals surface area contributed by atoms with Crippen LogP contribution >= 0.6 is 0 Å². The van der Waals surface area contributed by atoms with E-state index in [1.165, 1.54) is 25.9 Å². The molecule has 1 rings (SSSR count). The van der Waals surface area contributed by atoms with E-state index in [-0.39, 0.29) is 6.67 Å². The van der Waals surface area contributed by atoms with Crippen molar-refractivity contribution in [3.05, 3.63) is 0 Å². The lowest BCUT2D eigenvalue weighted by atomic mass is 9.99. The molecule has 66 valence electrons. The highest BCUT2D eigenvalue weighted by Gasteiger charge is 2.14. The molecule has 1 fully saturated rings. The Labute approximate surface area is 68.6 Å². The summed E-state index contributed by atoms with van der Waals surface area (Å²) in [5.74, 6) is 0.886. The first-order valence-corrected chi connectivity index (χ1v) is 4.61. The minimum atomic E-state index is -0.161. The van der Waals surface area contributed by atoms with Gasteiger partial charge in [0.2, 0.25) is 0 Å². The molecule has 0 amide bonds. The molecule has 1 nitrogen and oxygen atoms in total. The summed E-state index contributed by atoms with van der Waals surface area (Å²) in [6, 6.07) is 0. The van der Waals surface area contributed by atoms with Crippen molar-refractivity contribution in [1.82, 2.24) is 4.90 Å². The molecule has 0 atom stereocenters. The van der Waals surface area contributed by atoms with Crippen LogP contribution in [0.25, 0.3) is 0 Å². The zero-order chi connectivity index (χ0) is 8.10. The largest absolute Gasteiger partial charge is 0.303 e. The van der Waals surface area contributed by atoms with Crippen molar-refractivity contribution in [2.75, 3.05) is 26.3 Å². The molecule has 1 aliphatic heterocycles. The highest BCUT2D eigenvalue weighted by Crippen LogP contribution is 2.15. The number of hydrogen-bond donors (Lipinski definition) is 0. The number of hydrogen-bond acceptors (Lipinski definition) is 1. The summed E-state index contributed by atoms with van der Waals surface area (Å²) in [6.07, 6.45) is 3.31. The van der Waals surface area contributed by atoms with Crippen molar-refractivity contribution < 1.29 is 4.39 Å². The number of likely N-dealkylation sites (tertiary alicyclic amines) is 1. The summed E-state index contributed by atoms with van der Waals surface area (Å²) in [4.78, 5) is 2.37. The Kier molecular flexibility index (Phi) is 3.84. The van der Waals surface area contributed by atoms with Crippen molar-refractivity contribution in [2.45, 2.75) is 26.2 Å². The van der Waals surface area contributed by atoms with Crippen LogP contribution in [0.4, 0.5) is 4.39 Å². The van der Waals surface area contributed by atoms with Crippen molar-refractivity contribution in [3.63, 3.8) is 0 Å². The monoisotopic (exact) mass is 159 g/mol. The maximum absolute atomic E-state index is 11.8. The zero-order valence-electron chi connectivity index (χ0n) is 7.35. The average molecular weight is 159 g/mol. The van der Waals surface area contributed by atoms with E-state index in [0.29, 0.717) is 6.42 Å². The number of rotatable bonds is 3. The summed E-state index contributed by atoms with van der Waals surface area (Å²) in [5.41, 5.74) is 0. The van der Waals surface area contributed by atoms with E-state index in [1.54, 1.807) is 0 Å². The highest BCUT2D eigenvalue weighted by atomic mass is 19.1. The molecule has 0 aromatic carbocycles. The van der Waals surface area contributed by atoms with Gasteiger partial charge in [0.05, 0.1) is 6.67 Å². The quantitative estimate of drug-likeness (QED) is 0.609. The Balaban J connectivity index is 2.07. The Hall–Kier alpha value is -0.110. The molecule has 0 unspecified atom stereocenters. The lowest BCUT2D eigenvalue weighted by Crippen LogP contribution is -2.33. The third kappa shape index (κ3) is 3.19. The predicted molar refractivity (Wildman–Crippen MR) is 45.4 cm³/mol. The van der Waals surface area contributed by atoms with Crippen LogP contribution in [0.1, 0.15) is 26.2 Å². The molecule has 1 heterocycles. The molecule has 0 aromatic heterocycles. The fourth-order valence-electron chi connectivity index (χ4n) is 1.57. The zero-order valence-corrected chi connectivity index (χ0v) is 7.35. The van der Waals surface area contributed by atoms with Gasteiger partial charge in [0.1, 0.15) is 0 Å². The molecule has 1 saturated heterocycles. The molecule has 1 aliphatic rings. The molecule has 0 aromatic rings. The standard InChI is InChI=1S/C9H18FN/c1-9-3-7-11(8-4-9)6-2-5-10/h9H,2-8H2,1H3. The first-order valence-electron chi connectivity index (χ1n) is 4.61. The molecule has 0 spiro atoms. The molecule has 0 aliphatic carbocycles. The summed E-state index contributed by atoms with van der Waals surface area (Å²) in [6.45, 7) is 5.46. The number of alkyl halides is 1. The van der Waals surface area contributed by atoms with Crippen molar-refractivity contribution in [1.29, 1.82) is 0 Å². The Morgan fingerprint density at radius 2 is 2.00 bits per heavy atom. The maximum atomic E-state index is 11.8. The number of halogens is 1. The van der Waals surface area contributed by atoms with E-state index in [0.717, 1.165) is 12.5 Å². The molecule has 0 N–H and O–H groups in total. The molecule has 0 bridgehead atoms. The van der Waals surface area contributed by atoms with Crippen LogP contribution in [-0.4, -0.2) is 31.2 Å². The topological polar surface area (TPSA) is 3.24 Å². The van der Waals surface area contributed by atoms with Crippen LogP contribution in [0.5, 0.6) is 0 Å². The fraction of sp³-hybridized carbons (Fsp3) is 1.00. The van der Waals surface area contributed by atoms with E-state index in [2.05, 4.69) is 11.8 Å². The lowest BCUT2D eigenvalue weighted by molar-refractivity contribution is 0.186. The van der Waals surface area contributed by atoms with Gasteiger partial charge in [0, 0.05) is 6.54 Å². The van der Waals surface area contributed by atoms with Crippen molar-refractivity contribution in [3.8, 4) is 0 Å². The van der Waals surface area contributed by atoms with E-state index < -0.39 is 0 Å². The van der Waals surface area contributed by atoms with Crippen LogP contribution in [0.15, 0.2) is 0 Å². The van der Waals surface area contributed by atoms with Crippen LogP contribution in [0.3, 0.4) is 0 Å². The number of nitrogens with zero attached hydrogens (tertiary/aromatic N) is 1. The van der Waals surface area contributed by atoms with Gasteiger partial charge in [-0.1, -0.05) is 6.92 Å². The van der Waals surface area contributed by atoms with Gasteiger partial charge in [-0.2, -0.15) is 0 Å². The van der Waals surface area contributed by atoms with Crippen molar-refractivity contribution in [2.24, 2.45) is 5.92 Å². The SMILES string of the molecule is CC1CCN(CCCF)CC1. The normalized spacial score (nSPS) is 22.4. The van der Waals surface area contributed by atoms with Gasteiger partial charge in [0.15, 0.2) is 0 Å². The predicted octanol–water partition coefficient (Wildman–Crippen LogP) is 2.08. The average Bonchev–Trinajstić information content (AvgIpc) is 2.04. The second-order valence-corrected chi connectivity index (χ2v) is 3.57. The molecule has 0 radical (unpaired) electrons. The lowest BCUT2D eigenvalue weighted by Gasteiger charge is -2.29. The van der Waals surface area contributed by atoms with Gasteiger partial charge in [-0.05, 0) is 38.3 Å². The Bertz CT molecular complexity index is 95.0. The fourth-order valence-corrected chi connectivity index (χ4v) is 1.57. The van der Waals surface area contributed by atoms with Crippen LogP contribution < -0.4 is 0 Å². The Morgan fingerprint density at radius 1 is 1.36 bits per heavy atom. The summed E-state index contributed by atoms with van der Waals surface area (Å²) < 4.78 is 11.8. The van der Waals surface area contributed by atoms with Gasteiger partial charge in [0.25, 0.3) is 0 Å². The van der Waals surface area contributed by atoms with Crippen molar-refractivity contribution >= 4 is 0 Å².